The van der Waals surface area contributed by atoms with Gasteiger partial charge in [0.15, 0.2) is 17.4 Å². The van der Waals surface area contributed by atoms with E-state index in [1.54, 1.807) is 21.1 Å². The highest BCUT2D eigenvalue weighted by molar-refractivity contribution is 5.86. The molecule has 0 aliphatic heterocycles. The van der Waals surface area contributed by atoms with Gasteiger partial charge in [0.25, 0.3) is 0 Å². The molecule has 0 radical (unpaired) electrons. The number of aromatic nitrogens is 3. The summed E-state index contributed by atoms with van der Waals surface area (Å²) < 4.78 is 1.89. The number of carbonyl (C=O) groups is 1. The third-order valence-corrected chi connectivity index (χ3v) is 2.93. The van der Waals surface area contributed by atoms with Crippen LogP contribution < -0.4 is 10.6 Å². The third kappa shape index (κ3) is 3.68. The number of aliphatic imine (C=N–C) groups is 1. The minimum Gasteiger partial charge on any atom is -0.349 e. The Bertz CT molecular complexity index is 647. The van der Waals surface area contributed by atoms with Gasteiger partial charge in [-0.3, -0.25) is 14.2 Å². The lowest BCUT2D eigenvalue weighted by molar-refractivity contribution is -0.127. The summed E-state index contributed by atoms with van der Waals surface area (Å²) in [6.07, 6.45) is 1.90. The average Bonchev–Trinajstić information content (AvgIpc) is 2.90. The second-order valence-corrected chi connectivity index (χ2v) is 4.61. The van der Waals surface area contributed by atoms with Crippen LogP contribution in [0.15, 0.2) is 29.4 Å². The van der Waals surface area contributed by atoms with Crippen molar-refractivity contribution in [1.29, 1.82) is 0 Å². The maximum Gasteiger partial charge on any atom is 0.241 e. The summed E-state index contributed by atoms with van der Waals surface area (Å²) in [7, 11) is 5.07. The van der Waals surface area contributed by atoms with E-state index in [-0.39, 0.29) is 12.5 Å². The molecule has 8 heteroatoms. The van der Waals surface area contributed by atoms with Gasteiger partial charge < -0.3 is 15.5 Å². The molecule has 21 heavy (non-hydrogen) atoms. The molecule has 2 N–H and O–H groups in total. The molecule has 0 saturated heterocycles. The van der Waals surface area contributed by atoms with Crippen LogP contribution in [-0.4, -0.2) is 59.1 Å². The lowest BCUT2D eigenvalue weighted by Gasteiger charge is -2.13. The Labute approximate surface area is 122 Å². The molecule has 2 heterocycles. The Hall–Kier alpha value is -2.64. The second kappa shape index (κ2) is 6.69. The molecule has 8 nitrogen and oxygen atoms in total. The zero-order valence-electron chi connectivity index (χ0n) is 12.4. The number of carbonyl (C=O) groups excluding carboxylic acids is 1. The van der Waals surface area contributed by atoms with Crippen LogP contribution in [0.4, 0.5) is 0 Å². The van der Waals surface area contributed by atoms with Gasteiger partial charge in [0.05, 0.1) is 13.1 Å². The number of amides is 1. The van der Waals surface area contributed by atoms with E-state index >= 15 is 0 Å². The molecule has 0 bridgehead atoms. The Kier molecular flexibility index (Phi) is 4.70. The molecular weight excluding hydrogens is 270 g/mol. The van der Waals surface area contributed by atoms with E-state index in [0.29, 0.717) is 12.5 Å². The zero-order valence-corrected chi connectivity index (χ0v) is 12.4. The lowest BCUT2D eigenvalue weighted by atomic mass is 10.4. The van der Waals surface area contributed by atoms with E-state index in [4.69, 9.17) is 0 Å². The Morgan fingerprint density at radius 3 is 2.86 bits per heavy atom. The topological polar surface area (TPSA) is 86.9 Å². The van der Waals surface area contributed by atoms with Gasteiger partial charge in [-0.15, -0.1) is 10.2 Å². The lowest BCUT2D eigenvalue weighted by Crippen LogP contribution is -2.42. The van der Waals surface area contributed by atoms with Gasteiger partial charge in [-0.05, 0) is 12.1 Å². The van der Waals surface area contributed by atoms with Crippen molar-refractivity contribution >= 4 is 17.5 Å². The maximum atomic E-state index is 11.5. The smallest absolute Gasteiger partial charge is 0.241 e. The number of fused-ring (bicyclic) bond motifs is 1. The summed E-state index contributed by atoms with van der Waals surface area (Å²) >= 11 is 0. The zero-order chi connectivity index (χ0) is 15.2. The molecule has 0 atom stereocenters. The molecular formula is C13H19N7O. The number of hydrogen-bond donors (Lipinski definition) is 2. The first-order valence-electron chi connectivity index (χ1n) is 6.55. The Morgan fingerprint density at radius 2 is 2.14 bits per heavy atom. The number of pyridine rings is 1. The van der Waals surface area contributed by atoms with E-state index in [2.05, 4.69) is 25.8 Å². The highest BCUT2D eigenvalue weighted by Gasteiger charge is 2.07. The monoisotopic (exact) mass is 289 g/mol. The summed E-state index contributed by atoms with van der Waals surface area (Å²) in [5, 5.41) is 14.2. The number of likely N-dealkylation sites (N-methyl/N-ethyl adjacent to an activating group) is 1. The van der Waals surface area contributed by atoms with E-state index in [0.717, 1.165) is 11.5 Å². The summed E-state index contributed by atoms with van der Waals surface area (Å²) in [5.74, 6) is 1.29. The Morgan fingerprint density at radius 1 is 1.33 bits per heavy atom. The van der Waals surface area contributed by atoms with Crippen LogP contribution >= 0.6 is 0 Å². The van der Waals surface area contributed by atoms with Gasteiger partial charge in [0, 0.05) is 27.3 Å². The van der Waals surface area contributed by atoms with Crippen LogP contribution in [0.25, 0.3) is 5.65 Å². The summed E-state index contributed by atoms with van der Waals surface area (Å²) in [6, 6.07) is 5.72. The molecule has 0 unspecified atom stereocenters. The maximum absolute atomic E-state index is 11.5. The number of nitrogens with zero attached hydrogens (tertiary/aromatic N) is 5. The minimum atomic E-state index is -0.0223. The molecule has 0 aromatic carbocycles. The quantitative estimate of drug-likeness (QED) is 0.584. The van der Waals surface area contributed by atoms with Gasteiger partial charge in [-0.2, -0.15) is 0 Å². The molecule has 0 aliphatic rings. The van der Waals surface area contributed by atoms with Crippen LogP contribution in [0.5, 0.6) is 0 Å². The molecule has 2 aromatic heterocycles. The largest absolute Gasteiger partial charge is 0.349 e. The van der Waals surface area contributed by atoms with Crippen molar-refractivity contribution < 1.29 is 4.79 Å². The normalized spacial score (nSPS) is 11.5. The predicted octanol–water partition coefficient (Wildman–Crippen LogP) is -0.517. The number of guanidine groups is 1. The van der Waals surface area contributed by atoms with Crippen molar-refractivity contribution in [3.05, 3.63) is 30.2 Å². The third-order valence-electron chi connectivity index (χ3n) is 2.93. The molecule has 0 fully saturated rings. The highest BCUT2D eigenvalue weighted by Crippen LogP contribution is 2.01. The number of nitrogens with one attached hydrogen (secondary N) is 2. The van der Waals surface area contributed by atoms with Crippen LogP contribution in [0.3, 0.4) is 0 Å². The van der Waals surface area contributed by atoms with Gasteiger partial charge in [-0.1, -0.05) is 6.07 Å². The van der Waals surface area contributed by atoms with Crippen molar-refractivity contribution in [3.8, 4) is 0 Å². The first-order chi connectivity index (χ1) is 10.1. The summed E-state index contributed by atoms with van der Waals surface area (Å²) in [4.78, 5) is 17.1. The fraction of sp³-hybridized carbons (Fsp3) is 0.385. The summed E-state index contributed by atoms with van der Waals surface area (Å²) in [6.45, 7) is 0.647. The van der Waals surface area contributed by atoms with Gasteiger partial charge >= 0.3 is 0 Å². The van der Waals surface area contributed by atoms with Crippen molar-refractivity contribution in [1.82, 2.24) is 30.1 Å². The first kappa shape index (κ1) is 14.8. The van der Waals surface area contributed by atoms with Crippen molar-refractivity contribution in [2.45, 2.75) is 6.54 Å². The van der Waals surface area contributed by atoms with Crippen molar-refractivity contribution in [3.63, 3.8) is 0 Å². The predicted molar refractivity (Wildman–Crippen MR) is 79.9 cm³/mol. The van der Waals surface area contributed by atoms with Crippen molar-refractivity contribution in [2.24, 2.45) is 4.99 Å². The molecule has 2 rings (SSSR count). The van der Waals surface area contributed by atoms with Crippen LogP contribution in [0.2, 0.25) is 0 Å². The van der Waals surface area contributed by atoms with Crippen LogP contribution in [0.1, 0.15) is 5.82 Å². The second-order valence-electron chi connectivity index (χ2n) is 4.61. The van der Waals surface area contributed by atoms with Gasteiger partial charge in [0.1, 0.15) is 0 Å². The SMILES string of the molecule is CN=C(NCC(=O)N(C)C)NCc1nnc2ccccn12. The number of rotatable bonds is 4. The average molecular weight is 289 g/mol. The fourth-order valence-electron chi connectivity index (χ4n) is 1.71. The van der Waals surface area contributed by atoms with E-state index in [1.807, 2.05) is 28.8 Å². The van der Waals surface area contributed by atoms with E-state index < -0.39 is 0 Å². The van der Waals surface area contributed by atoms with Crippen molar-refractivity contribution in [2.75, 3.05) is 27.7 Å². The standard InChI is InChI=1S/C13H19N7O/c1-14-13(16-9-12(21)19(2)3)15-8-11-18-17-10-6-4-5-7-20(10)11/h4-7H,8-9H2,1-3H3,(H2,14,15,16). The van der Waals surface area contributed by atoms with Crippen LogP contribution in [0, 0.1) is 0 Å². The van der Waals surface area contributed by atoms with Crippen LogP contribution in [-0.2, 0) is 11.3 Å². The summed E-state index contributed by atoms with van der Waals surface area (Å²) in [5.41, 5.74) is 0.792. The Balaban J connectivity index is 1.93. The molecule has 112 valence electrons. The molecule has 0 aliphatic carbocycles. The fourth-order valence-corrected chi connectivity index (χ4v) is 1.71. The number of hydrogen-bond acceptors (Lipinski definition) is 4. The molecule has 0 saturated carbocycles. The highest BCUT2D eigenvalue weighted by atomic mass is 16.2. The minimum absolute atomic E-state index is 0.0223. The molecule has 0 spiro atoms. The molecule has 2 aromatic rings. The van der Waals surface area contributed by atoms with E-state index in [1.165, 1.54) is 4.90 Å². The van der Waals surface area contributed by atoms with Gasteiger partial charge in [0.2, 0.25) is 5.91 Å². The van der Waals surface area contributed by atoms with Gasteiger partial charge in [-0.25, -0.2) is 0 Å². The molecule has 1 amide bonds. The van der Waals surface area contributed by atoms with E-state index in [9.17, 15) is 4.79 Å². The first-order valence-corrected chi connectivity index (χ1v) is 6.55.